The molecular weight excluding hydrogens is 308 g/mol. The lowest BCUT2D eigenvalue weighted by atomic mass is 10.0. The molecule has 0 spiro atoms. The fourth-order valence-corrected chi connectivity index (χ4v) is 3.59. The van der Waals surface area contributed by atoms with E-state index in [1.54, 1.807) is 13.1 Å². The summed E-state index contributed by atoms with van der Waals surface area (Å²) in [4.78, 5) is 18.6. The third kappa shape index (κ3) is 2.91. The summed E-state index contributed by atoms with van der Waals surface area (Å²) < 4.78 is 11.5. The Morgan fingerprint density at radius 1 is 1.33 bits per heavy atom. The first-order valence-corrected chi connectivity index (χ1v) is 8.25. The zero-order chi connectivity index (χ0) is 16.7. The topological polar surface area (TPSA) is 81.4 Å². The molecule has 0 N–H and O–H groups in total. The highest BCUT2D eigenvalue weighted by Crippen LogP contribution is 2.34. The van der Waals surface area contributed by atoms with Gasteiger partial charge in [0.15, 0.2) is 0 Å². The number of hydrogen-bond donors (Lipinski definition) is 0. The molecule has 2 saturated heterocycles. The molecule has 2 aromatic heterocycles. The minimum atomic E-state index is -0.0132. The number of nitrogens with zero attached hydrogens (tertiary/aromatic N) is 4. The van der Waals surface area contributed by atoms with Gasteiger partial charge in [0, 0.05) is 32.1 Å². The molecule has 7 nitrogen and oxygen atoms in total. The summed E-state index contributed by atoms with van der Waals surface area (Å²) in [5, 5.41) is 7.87. The van der Waals surface area contributed by atoms with E-state index in [4.69, 9.17) is 9.15 Å². The van der Waals surface area contributed by atoms with E-state index in [9.17, 15) is 4.79 Å². The smallest absolute Gasteiger partial charge is 0.272 e. The minimum Gasteiger partial charge on any atom is -0.426 e. The van der Waals surface area contributed by atoms with Gasteiger partial charge in [-0.25, -0.2) is 0 Å². The Hall–Kier alpha value is -2.28. The molecule has 1 amide bonds. The Balaban J connectivity index is 1.36. The second-order valence-corrected chi connectivity index (χ2v) is 6.64. The van der Waals surface area contributed by atoms with Crippen LogP contribution in [0.5, 0.6) is 0 Å². The van der Waals surface area contributed by atoms with Crippen molar-refractivity contribution in [3.63, 3.8) is 0 Å². The number of likely N-dealkylation sites (tertiary alicyclic amines) is 1. The van der Waals surface area contributed by atoms with Gasteiger partial charge >= 0.3 is 0 Å². The Morgan fingerprint density at radius 3 is 2.92 bits per heavy atom. The molecule has 4 rings (SSSR count). The van der Waals surface area contributed by atoms with Crippen molar-refractivity contribution in [3.05, 3.63) is 41.4 Å². The van der Waals surface area contributed by atoms with Gasteiger partial charge in [0.1, 0.15) is 5.69 Å². The Kier molecular flexibility index (Phi) is 3.80. The lowest BCUT2D eigenvalue weighted by Crippen LogP contribution is -2.32. The SMILES string of the molecule is Cc1ccnc(C(=O)N2C[C@@H]3C[C@H](Cc4nnc(C)o4)O[C@@H]3C2)c1. The molecular formula is C17H20N4O3. The van der Waals surface area contributed by atoms with Crippen molar-refractivity contribution in [1.82, 2.24) is 20.1 Å². The Bertz CT molecular complexity index is 746. The van der Waals surface area contributed by atoms with Gasteiger partial charge in [-0.15, -0.1) is 10.2 Å². The summed E-state index contributed by atoms with van der Waals surface area (Å²) in [6.45, 7) is 5.09. The second-order valence-electron chi connectivity index (χ2n) is 6.64. The van der Waals surface area contributed by atoms with Crippen molar-refractivity contribution in [1.29, 1.82) is 0 Å². The Labute approximate surface area is 140 Å². The number of ether oxygens (including phenoxy) is 1. The Morgan fingerprint density at radius 2 is 2.21 bits per heavy atom. The van der Waals surface area contributed by atoms with Crippen molar-refractivity contribution in [2.45, 2.75) is 38.9 Å². The molecule has 4 heterocycles. The minimum absolute atomic E-state index is 0.0132. The number of amides is 1. The molecule has 3 atom stereocenters. The number of fused-ring (bicyclic) bond motifs is 1. The summed E-state index contributed by atoms with van der Waals surface area (Å²) in [7, 11) is 0. The van der Waals surface area contributed by atoms with E-state index < -0.39 is 0 Å². The number of aryl methyl sites for hydroxylation is 2. The monoisotopic (exact) mass is 328 g/mol. The van der Waals surface area contributed by atoms with E-state index in [0.717, 1.165) is 18.5 Å². The van der Waals surface area contributed by atoms with Gasteiger partial charge in [-0.1, -0.05) is 0 Å². The van der Waals surface area contributed by atoms with Gasteiger partial charge in [-0.3, -0.25) is 9.78 Å². The number of hydrogen-bond acceptors (Lipinski definition) is 6. The van der Waals surface area contributed by atoms with Crippen LogP contribution >= 0.6 is 0 Å². The molecule has 7 heteroatoms. The average molecular weight is 328 g/mol. The largest absolute Gasteiger partial charge is 0.426 e. The molecule has 126 valence electrons. The van der Waals surface area contributed by atoms with Crippen LogP contribution in [0.3, 0.4) is 0 Å². The maximum Gasteiger partial charge on any atom is 0.272 e. The van der Waals surface area contributed by atoms with E-state index >= 15 is 0 Å². The summed E-state index contributed by atoms with van der Waals surface area (Å²) in [5.41, 5.74) is 1.55. The van der Waals surface area contributed by atoms with E-state index in [1.165, 1.54) is 0 Å². The number of carbonyl (C=O) groups is 1. The highest BCUT2D eigenvalue weighted by Gasteiger charge is 2.44. The normalized spacial score (nSPS) is 25.9. The first-order valence-electron chi connectivity index (χ1n) is 8.25. The predicted molar refractivity (Wildman–Crippen MR) is 84.4 cm³/mol. The summed E-state index contributed by atoms with van der Waals surface area (Å²) >= 11 is 0. The number of aromatic nitrogens is 3. The predicted octanol–water partition coefficient (Wildman–Crippen LogP) is 1.55. The standard InChI is InChI=1S/C17H20N4O3/c1-10-3-4-18-14(5-10)17(22)21-8-12-6-13(24-15(12)9-21)7-16-20-19-11(2)23-16/h3-5,12-13,15H,6-9H2,1-2H3/t12-,13+,15+/m0/s1. The second kappa shape index (κ2) is 5.98. The number of pyridine rings is 1. The fraction of sp³-hybridized carbons (Fsp3) is 0.529. The molecule has 0 aromatic carbocycles. The van der Waals surface area contributed by atoms with E-state index in [0.29, 0.717) is 36.4 Å². The van der Waals surface area contributed by atoms with Crippen LogP contribution in [0.15, 0.2) is 22.7 Å². The van der Waals surface area contributed by atoms with Gasteiger partial charge in [-0.05, 0) is 31.0 Å². The first kappa shape index (κ1) is 15.3. The van der Waals surface area contributed by atoms with Crippen molar-refractivity contribution in [3.8, 4) is 0 Å². The van der Waals surface area contributed by atoms with Gasteiger partial charge in [-0.2, -0.15) is 0 Å². The van der Waals surface area contributed by atoms with Crippen LogP contribution in [0.4, 0.5) is 0 Å². The lowest BCUT2D eigenvalue weighted by molar-refractivity contribution is 0.0334. The number of rotatable bonds is 3. The van der Waals surface area contributed by atoms with Crippen molar-refractivity contribution >= 4 is 5.91 Å². The molecule has 0 bridgehead atoms. The van der Waals surface area contributed by atoms with Gasteiger partial charge < -0.3 is 14.1 Å². The van der Waals surface area contributed by atoms with Crippen LogP contribution in [-0.2, 0) is 11.2 Å². The molecule has 0 aliphatic carbocycles. The zero-order valence-corrected chi connectivity index (χ0v) is 13.8. The number of carbonyl (C=O) groups excluding carboxylic acids is 1. The first-order chi connectivity index (χ1) is 11.6. The van der Waals surface area contributed by atoms with Crippen molar-refractivity contribution in [2.75, 3.05) is 13.1 Å². The maximum atomic E-state index is 12.6. The highest BCUT2D eigenvalue weighted by molar-refractivity contribution is 5.92. The highest BCUT2D eigenvalue weighted by atomic mass is 16.5. The van der Waals surface area contributed by atoms with Crippen molar-refractivity contribution in [2.24, 2.45) is 5.92 Å². The van der Waals surface area contributed by atoms with Gasteiger partial charge in [0.2, 0.25) is 11.8 Å². The molecule has 2 aliphatic heterocycles. The molecule has 0 radical (unpaired) electrons. The van der Waals surface area contributed by atoms with Crippen LogP contribution in [0.25, 0.3) is 0 Å². The van der Waals surface area contributed by atoms with Crippen LogP contribution < -0.4 is 0 Å². The molecule has 2 aromatic rings. The van der Waals surface area contributed by atoms with E-state index in [-0.39, 0.29) is 18.1 Å². The van der Waals surface area contributed by atoms with E-state index in [2.05, 4.69) is 15.2 Å². The van der Waals surface area contributed by atoms with Gasteiger partial charge in [0.25, 0.3) is 5.91 Å². The van der Waals surface area contributed by atoms with Crippen LogP contribution in [0.2, 0.25) is 0 Å². The van der Waals surface area contributed by atoms with Crippen LogP contribution in [0.1, 0.15) is 34.3 Å². The summed E-state index contributed by atoms with van der Waals surface area (Å²) in [6, 6.07) is 3.72. The van der Waals surface area contributed by atoms with E-state index in [1.807, 2.05) is 24.0 Å². The lowest BCUT2D eigenvalue weighted by Gasteiger charge is -2.18. The molecule has 24 heavy (non-hydrogen) atoms. The van der Waals surface area contributed by atoms with Crippen molar-refractivity contribution < 1.29 is 13.9 Å². The average Bonchev–Trinajstić information content (AvgIpc) is 3.21. The summed E-state index contributed by atoms with van der Waals surface area (Å²) in [6.07, 6.45) is 3.42. The molecule has 0 saturated carbocycles. The third-order valence-electron chi connectivity index (χ3n) is 4.71. The van der Waals surface area contributed by atoms with Gasteiger partial charge in [0.05, 0.1) is 18.6 Å². The van der Waals surface area contributed by atoms with Crippen LogP contribution in [-0.4, -0.2) is 51.3 Å². The quantitative estimate of drug-likeness (QED) is 0.850. The summed E-state index contributed by atoms with van der Waals surface area (Å²) in [5.74, 6) is 1.55. The third-order valence-corrected chi connectivity index (χ3v) is 4.71. The molecule has 2 fully saturated rings. The zero-order valence-electron chi connectivity index (χ0n) is 13.8. The maximum absolute atomic E-state index is 12.6. The molecule has 0 unspecified atom stereocenters. The van der Waals surface area contributed by atoms with Crippen LogP contribution in [0, 0.1) is 19.8 Å². The molecule has 2 aliphatic rings. The fourth-order valence-electron chi connectivity index (χ4n) is 3.59.